The third-order valence-electron chi connectivity index (χ3n) is 4.21. The molecular formula is C22H23NO2. The first kappa shape index (κ1) is 16.9. The summed E-state index contributed by atoms with van der Waals surface area (Å²) in [7, 11) is 3.35. The van der Waals surface area contributed by atoms with Crippen LogP contribution < -0.4 is 14.8 Å². The molecule has 0 fully saturated rings. The summed E-state index contributed by atoms with van der Waals surface area (Å²) in [5, 5.41) is 3.63. The van der Waals surface area contributed by atoms with E-state index in [1.54, 1.807) is 14.2 Å². The highest BCUT2D eigenvalue weighted by Crippen LogP contribution is 2.37. The predicted molar refractivity (Wildman–Crippen MR) is 102 cm³/mol. The van der Waals surface area contributed by atoms with E-state index in [1.807, 2.05) is 36.4 Å². The van der Waals surface area contributed by atoms with Crippen LogP contribution in [0.4, 0.5) is 5.69 Å². The molecule has 0 aliphatic rings. The second kappa shape index (κ2) is 8.25. The highest BCUT2D eigenvalue weighted by atomic mass is 16.5. The average molecular weight is 333 g/mol. The van der Waals surface area contributed by atoms with E-state index < -0.39 is 0 Å². The van der Waals surface area contributed by atoms with Crippen molar-refractivity contribution in [1.82, 2.24) is 0 Å². The molecule has 0 radical (unpaired) electrons. The molecule has 0 heterocycles. The lowest BCUT2D eigenvalue weighted by Gasteiger charge is -2.23. The summed E-state index contributed by atoms with van der Waals surface area (Å²) < 4.78 is 11.1. The maximum absolute atomic E-state index is 5.66. The number of benzene rings is 3. The molecule has 0 bridgehead atoms. The first-order valence-corrected chi connectivity index (χ1v) is 8.38. The van der Waals surface area contributed by atoms with Crippen molar-refractivity contribution < 1.29 is 9.47 Å². The van der Waals surface area contributed by atoms with Gasteiger partial charge in [0.25, 0.3) is 0 Å². The summed E-state index contributed by atoms with van der Waals surface area (Å²) in [6, 6.07) is 26.8. The van der Waals surface area contributed by atoms with Gasteiger partial charge in [0, 0.05) is 11.3 Å². The Labute approximate surface area is 149 Å². The van der Waals surface area contributed by atoms with E-state index in [0.717, 1.165) is 29.2 Å². The number of ether oxygens (including phenoxy) is 2. The van der Waals surface area contributed by atoms with Crippen molar-refractivity contribution in [3.63, 3.8) is 0 Å². The smallest absolute Gasteiger partial charge is 0.165 e. The van der Waals surface area contributed by atoms with Crippen molar-refractivity contribution in [2.75, 3.05) is 19.5 Å². The van der Waals surface area contributed by atoms with E-state index in [2.05, 4.69) is 47.8 Å². The molecule has 3 rings (SSSR count). The van der Waals surface area contributed by atoms with Gasteiger partial charge in [0.1, 0.15) is 0 Å². The summed E-state index contributed by atoms with van der Waals surface area (Å²) >= 11 is 0. The zero-order valence-corrected chi connectivity index (χ0v) is 14.6. The molecule has 0 amide bonds. The predicted octanol–water partition coefficient (Wildman–Crippen LogP) is 5.10. The van der Waals surface area contributed by atoms with Crippen LogP contribution in [0.15, 0.2) is 78.9 Å². The van der Waals surface area contributed by atoms with Gasteiger partial charge in [0.05, 0.1) is 20.3 Å². The normalized spacial score (nSPS) is 11.6. The lowest BCUT2D eigenvalue weighted by molar-refractivity contribution is 0.350. The van der Waals surface area contributed by atoms with Crippen LogP contribution in [0.3, 0.4) is 0 Å². The largest absolute Gasteiger partial charge is 0.493 e. The van der Waals surface area contributed by atoms with Gasteiger partial charge in [-0.3, -0.25) is 0 Å². The number of hydrogen-bond acceptors (Lipinski definition) is 3. The van der Waals surface area contributed by atoms with E-state index in [0.29, 0.717) is 0 Å². The van der Waals surface area contributed by atoms with Crippen molar-refractivity contribution in [2.24, 2.45) is 0 Å². The second-order valence-corrected chi connectivity index (χ2v) is 5.84. The zero-order chi connectivity index (χ0) is 17.5. The quantitative estimate of drug-likeness (QED) is 0.652. The van der Waals surface area contributed by atoms with Crippen LogP contribution in [-0.4, -0.2) is 14.2 Å². The molecule has 3 aromatic rings. The summed E-state index contributed by atoms with van der Waals surface area (Å²) in [5.74, 6) is 1.52. The Balaban J connectivity index is 1.98. The highest BCUT2D eigenvalue weighted by Gasteiger charge is 2.19. The van der Waals surface area contributed by atoms with E-state index in [1.165, 1.54) is 5.56 Å². The van der Waals surface area contributed by atoms with Gasteiger partial charge in [-0.2, -0.15) is 0 Å². The van der Waals surface area contributed by atoms with E-state index in [-0.39, 0.29) is 6.04 Å². The maximum atomic E-state index is 5.66. The Bertz CT molecular complexity index is 746. The molecule has 0 aromatic heterocycles. The molecule has 0 aliphatic heterocycles. The van der Waals surface area contributed by atoms with E-state index >= 15 is 0 Å². The monoisotopic (exact) mass is 333 g/mol. The van der Waals surface area contributed by atoms with Gasteiger partial charge in [-0.1, -0.05) is 60.7 Å². The molecule has 128 valence electrons. The summed E-state index contributed by atoms with van der Waals surface area (Å²) in [6.07, 6.45) is 0.846. The minimum Gasteiger partial charge on any atom is -0.493 e. The molecule has 3 heteroatoms. The fraction of sp³-hybridized carbons (Fsp3) is 0.182. The molecule has 0 spiro atoms. The Hall–Kier alpha value is -2.94. The third kappa shape index (κ3) is 4.13. The molecule has 0 saturated carbocycles. The number of rotatable bonds is 7. The van der Waals surface area contributed by atoms with Gasteiger partial charge < -0.3 is 14.8 Å². The molecule has 0 aliphatic carbocycles. The Morgan fingerprint density at radius 3 is 2.08 bits per heavy atom. The molecule has 1 unspecified atom stereocenters. The maximum Gasteiger partial charge on any atom is 0.165 e. The molecule has 3 nitrogen and oxygen atoms in total. The molecular weight excluding hydrogens is 310 g/mol. The van der Waals surface area contributed by atoms with Crippen LogP contribution in [0.1, 0.15) is 17.2 Å². The van der Waals surface area contributed by atoms with Gasteiger partial charge in [-0.05, 0) is 30.2 Å². The van der Waals surface area contributed by atoms with E-state index in [9.17, 15) is 0 Å². The summed E-state index contributed by atoms with van der Waals surface area (Å²) in [4.78, 5) is 0. The van der Waals surface area contributed by atoms with Crippen molar-refractivity contribution in [3.8, 4) is 11.5 Å². The number of nitrogens with one attached hydrogen (secondary N) is 1. The lowest BCUT2D eigenvalue weighted by atomic mass is 9.97. The average Bonchev–Trinajstić information content (AvgIpc) is 2.68. The lowest BCUT2D eigenvalue weighted by Crippen LogP contribution is -2.15. The van der Waals surface area contributed by atoms with Gasteiger partial charge in [-0.15, -0.1) is 0 Å². The Morgan fingerprint density at radius 2 is 1.44 bits per heavy atom. The number of para-hydroxylation sites is 2. The molecule has 1 atom stereocenters. The van der Waals surface area contributed by atoms with Crippen LogP contribution in [0.25, 0.3) is 0 Å². The number of hydrogen-bond donors (Lipinski definition) is 1. The molecule has 3 aromatic carbocycles. The van der Waals surface area contributed by atoms with E-state index in [4.69, 9.17) is 9.47 Å². The van der Waals surface area contributed by atoms with Crippen molar-refractivity contribution >= 4 is 5.69 Å². The summed E-state index contributed by atoms with van der Waals surface area (Å²) in [5.41, 5.74) is 3.42. The molecule has 0 saturated heterocycles. The first-order valence-electron chi connectivity index (χ1n) is 8.38. The Morgan fingerprint density at radius 1 is 0.760 bits per heavy atom. The van der Waals surface area contributed by atoms with Gasteiger partial charge >= 0.3 is 0 Å². The van der Waals surface area contributed by atoms with Crippen LogP contribution in [0.2, 0.25) is 0 Å². The van der Waals surface area contributed by atoms with Crippen molar-refractivity contribution in [1.29, 1.82) is 0 Å². The topological polar surface area (TPSA) is 30.5 Å². The second-order valence-electron chi connectivity index (χ2n) is 5.84. The SMILES string of the molecule is COc1cccc(C(Cc2ccccc2)Nc2ccccc2)c1OC. The van der Waals surface area contributed by atoms with Gasteiger partial charge in [0.15, 0.2) is 11.5 Å². The molecule has 25 heavy (non-hydrogen) atoms. The zero-order valence-electron chi connectivity index (χ0n) is 14.6. The van der Waals surface area contributed by atoms with Crippen molar-refractivity contribution in [2.45, 2.75) is 12.5 Å². The minimum atomic E-state index is 0.0647. The van der Waals surface area contributed by atoms with Crippen LogP contribution in [-0.2, 0) is 6.42 Å². The fourth-order valence-electron chi connectivity index (χ4n) is 3.01. The first-order chi connectivity index (χ1) is 12.3. The highest BCUT2D eigenvalue weighted by molar-refractivity contribution is 5.53. The molecule has 1 N–H and O–H groups in total. The summed E-state index contributed by atoms with van der Waals surface area (Å²) in [6.45, 7) is 0. The van der Waals surface area contributed by atoms with Gasteiger partial charge in [-0.25, -0.2) is 0 Å². The van der Waals surface area contributed by atoms with Crippen LogP contribution in [0, 0.1) is 0 Å². The van der Waals surface area contributed by atoms with Crippen LogP contribution in [0.5, 0.6) is 11.5 Å². The third-order valence-corrected chi connectivity index (χ3v) is 4.21. The van der Waals surface area contributed by atoms with Crippen molar-refractivity contribution in [3.05, 3.63) is 90.0 Å². The standard InChI is InChI=1S/C22H23NO2/c1-24-21-15-9-14-19(22(21)25-2)20(16-17-10-5-3-6-11-17)23-18-12-7-4-8-13-18/h3-15,20,23H,16H2,1-2H3. The number of anilines is 1. The number of methoxy groups -OCH3 is 2. The minimum absolute atomic E-state index is 0.0647. The fourth-order valence-corrected chi connectivity index (χ4v) is 3.01. The van der Waals surface area contributed by atoms with Gasteiger partial charge in [0.2, 0.25) is 0 Å². The van der Waals surface area contributed by atoms with Crippen LogP contribution >= 0.6 is 0 Å². The Kier molecular flexibility index (Phi) is 5.57.